The molecule has 0 aliphatic heterocycles. The average Bonchev–Trinajstić information content (AvgIpc) is 3.03. The first-order chi connectivity index (χ1) is 22.7. The number of aliphatic hydroxyl groups excluding tert-OH is 1. The molecule has 0 saturated carbocycles. The Morgan fingerprint density at radius 1 is 0.681 bits per heavy atom. The summed E-state index contributed by atoms with van der Waals surface area (Å²) in [6.07, 6.45) is 36.9. The van der Waals surface area contributed by atoms with Crippen molar-refractivity contribution in [2.75, 3.05) is 13.2 Å². The van der Waals surface area contributed by atoms with Crippen LogP contribution in [0.15, 0.2) is 72.9 Å². The summed E-state index contributed by atoms with van der Waals surface area (Å²) in [7, 11) is -4.78. The zero-order valence-electron chi connectivity index (χ0n) is 28.8. The second-order valence-corrected chi connectivity index (χ2v) is 12.5. The lowest BCUT2D eigenvalue weighted by atomic mass is 10.1. The van der Waals surface area contributed by atoms with Crippen LogP contribution >= 0.6 is 7.82 Å². The van der Waals surface area contributed by atoms with Gasteiger partial charge < -0.3 is 24.4 Å². The molecular formula is C37H61O9P. The van der Waals surface area contributed by atoms with Crippen LogP contribution in [0.25, 0.3) is 0 Å². The topological polar surface area (TPSA) is 140 Å². The van der Waals surface area contributed by atoms with E-state index in [9.17, 15) is 19.3 Å². The molecule has 0 aliphatic rings. The summed E-state index contributed by atoms with van der Waals surface area (Å²) in [5, 5.41) is 9.72. The molecule has 0 saturated heterocycles. The second-order valence-electron chi connectivity index (χ2n) is 11.3. The zero-order chi connectivity index (χ0) is 34.9. The van der Waals surface area contributed by atoms with E-state index in [-0.39, 0.29) is 19.4 Å². The van der Waals surface area contributed by atoms with Crippen LogP contribution in [0.1, 0.15) is 123 Å². The molecule has 0 aromatic heterocycles. The number of ether oxygens (including phenoxy) is 2. The van der Waals surface area contributed by atoms with E-state index in [1.165, 1.54) is 12.8 Å². The lowest BCUT2D eigenvalue weighted by Gasteiger charge is -2.18. The standard InChI is InChI=1S/C37H61O9P/c1-3-5-7-8-9-10-13-17-20-23-26-30-36(39)44-32-35(33-45-47(41,42)43)46-37(40)31-27-24-21-18-15-12-11-14-16-19-22-25-29-34(38)28-6-4-2/h6,8-9,11-12,16,18-19,21-22,25,28,34-35,38H,3-5,7,10,13-15,17,20,23-24,26-27,29-33H2,1-2H3,(H2,41,42,43)/b9-8-,12-11-,19-16-,21-18-,25-22+,28-6-/t34?,35-/m1/s1. The molecule has 0 heterocycles. The molecule has 0 aromatic carbocycles. The van der Waals surface area contributed by atoms with Gasteiger partial charge in [0.25, 0.3) is 0 Å². The van der Waals surface area contributed by atoms with E-state index in [4.69, 9.17) is 19.3 Å². The molecule has 0 fully saturated rings. The molecule has 1 unspecified atom stereocenters. The minimum atomic E-state index is -4.78. The normalized spacial score (nSPS) is 14.1. The summed E-state index contributed by atoms with van der Waals surface area (Å²) in [6, 6.07) is 0. The van der Waals surface area contributed by atoms with Crippen molar-refractivity contribution in [3.8, 4) is 0 Å². The monoisotopic (exact) mass is 680 g/mol. The van der Waals surface area contributed by atoms with Crippen LogP contribution < -0.4 is 0 Å². The summed E-state index contributed by atoms with van der Waals surface area (Å²) in [6.45, 7) is 3.31. The Morgan fingerprint density at radius 3 is 2.00 bits per heavy atom. The van der Waals surface area contributed by atoms with Gasteiger partial charge in [-0.05, 0) is 64.2 Å². The van der Waals surface area contributed by atoms with Crippen LogP contribution in [-0.2, 0) is 28.2 Å². The number of hydrogen-bond acceptors (Lipinski definition) is 7. The Kier molecular flexibility index (Phi) is 30.3. The van der Waals surface area contributed by atoms with Gasteiger partial charge in [0, 0.05) is 12.8 Å². The third-order valence-electron chi connectivity index (χ3n) is 6.78. The van der Waals surface area contributed by atoms with Gasteiger partial charge in [0.1, 0.15) is 6.61 Å². The van der Waals surface area contributed by atoms with E-state index in [2.05, 4.69) is 35.8 Å². The van der Waals surface area contributed by atoms with E-state index in [0.717, 1.165) is 57.8 Å². The molecule has 0 amide bonds. The van der Waals surface area contributed by atoms with E-state index < -0.39 is 38.6 Å². The van der Waals surface area contributed by atoms with Gasteiger partial charge in [-0.1, -0.05) is 119 Å². The van der Waals surface area contributed by atoms with Gasteiger partial charge in [-0.15, -0.1) is 0 Å². The van der Waals surface area contributed by atoms with Crippen LogP contribution in [0, 0.1) is 0 Å². The predicted octanol–water partition coefficient (Wildman–Crippen LogP) is 8.92. The fourth-order valence-electron chi connectivity index (χ4n) is 4.17. The number of rotatable bonds is 30. The van der Waals surface area contributed by atoms with Gasteiger partial charge in [0.2, 0.25) is 0 Å². The minimum absolute atomic E-state index is 0.110. The molecule has 268 valence electrons. The molecule has 9 nitrogen and oxygen atoms in total. The van der Waals surface area contributed by atoms with Crippen LogP contribution in [0.4, 0.5) is 0 Å². The highest BCUT2D eigenvalue weighted by atomic mass is 31.2. The number of phosphoric acid groups is 1. The lowest BCUT2D eigenvalue weighted by molar-refractivity contribution is -0.161. The van der Waals surface area contributed by atoms with Crippen molar-refractivity contribution in [1.29, 1.82) is 0 Å². The molecule has 0 spiro atoms. The fourth-order valence-corrected chi connectivity index (χ4v) is 4.53. The van der Waals surface area contributed by atoms with Crippen molar-refractivity contribution in [3.05, 3.63) is 72.9 Å². The Hall–Kier alpha value is -2.55. The number of carbonyl (C=O) groups is 2. The molecule has 0 rings (SSSR count). The smallest absolute Gasteiger partial charge is 0.462 e. The van der Waals surface area contributed by atoms with Crippen LogP contribution in [0.3, 0.4) is 0 Å². The number of esters is 2. The largest absolute Gasteiger partial charge is 0.469 e. The van der Waals surface area contributed by atoms with Gasteiger partial charge in [0.05, 0.1) is 12.7 Å². The predicted molar refractivity (Wildman–Crippen MR) is 190 cm³/mol. The number of phosphoric ester groups is 1. The molecule has 0 radical (unpaired) electrons. The maximum absolute atomic E-state index is 12.3. The SMILES string of the molecule is CC/C=C\C(O)C/C=C/C=C\C/C=C\C/C=C\CCCC(=O)O[C@H](COC(=O)CCCCCCC/C=C\CCCC)COP(=O)(O)O. The van der Waals surface area contributed by atoms with Gasteiger partial charge >= 0.3 is 19.8 Å². The molecule has 0 bridgehead atoms. The van der Waals surface area contributed by atoms with Crippen molar-refractivity contribution < 1.29 is 43.0 Å². The van der Waals surface area contributed by atoms with Crippen molar-refractivity contribution in [2.45, 2.75) is 135 Å². The maximum Gasteiger partial charge on any atom is 0.469 e. The van der Waals surface area contributed by atoms with E-state index in [1.807, 2.05) is 49.5 Å². The Bertz CT molecular complexity index is 1010. The fraction of sp³-hybridized carbons (Fsp3) is 0.622. The quantitative estimate of drug-likeness (QED) is 0.0223. The summed E-state index contributed by atoms with van der Waals surface area (Å²) in [4.78, 5) is 42.5. The number of allylic oxidation sites excluding steroid dienone is 10. The van der Waals surface area contributed by atoms with Crippen LogP contribution in [0.5, 0.6) is 0 Å². The highest BCUT2D eigenvalue weighted by Gasteiger charge is 2.22. The molecule has 0 aromatic rings. The van der Waals surface area contributed by atoms with Gasteiger partial charge in [-0.3, -0.25) is 14.1 Å². The van der Waals surface area contributed by atoms with Crippen molar-refractivity contribution in [2.24, 2.45) is 0 Å². The lowest BCUT2D eigenvalue weighted by Crippen LogP contribution is -2.29. The first kappa shape index (κ1) is 44.5. The molecule has 0 aliphatic carbocycles. The van der Waals surface area contributed by atoms with Crippen LogP contribution in [-0.4, -0.2) is 52.3 Å². The minimum Gasteiger partial charge on any atom is -0.462 e. The average molecular weight is 681 g/mol. The number of aliphatic hydroxyl groups is 1. The molecule has 10 heteroatoms. The molecular weight excluding hydrogens is 619 g/mol. The number of unbranched alkanes of at least 4 members (excludes halogenated alkanes) is 8. The van der Waals surface area contributed by atoms with Crippen molar-refractivity contribution >= 4 is 19.8 Å². The summed E-state index contributed by atoms with van der Waals surface area (Å²) in [5.74, 6) is -0.999. The Labute approximate surface area is 283 Å². The van der Waals surface area contributed by atoms with E-state index in [0.29, 0.717) is 25.7 Å². The molecule has 2 atom stereocenters. The van der Waals surface area contributed by atoms with Gasteiger partial charge in [0.15, 0.2) is 6.10 Å². The second kappa shape index (κ2) is 32.0. The first-order valence-corrected chi connectivity index (χ1v) is 18.9. The van der Waals surface area contributed by atoms with Crippen LogP contribution in [0.2, 0.25) is 0 Å². The van der Waals surface area contributed by atoms with Gasteiger partial charge in [-0.2, -0.15) is 0 Å². The number of hydrogen-bond donors (Lipinski definition) is 3. The Morgan fingerprint density at radius 2 is 1.28 bits per heavy atom. The van der Waals surface area contributed by atoms with Crippen molar-refractivity contribution in [3.63, 3.8) is 0 Å². The molecule has 3 N–H and O–H groups in total. The first-order valence-electron chi connectivity index (χ1n) is 17.3. The Balaban J connectivity index is 4.19. The highest BCUT2D eigenvalue weighted by Crippen LogP contribution is 2.35. The molecule has 47 heavy (non-hydrogen) atoms. The third-order valence-corrected chi connectivity index (χ3v) is 7.27. The van der Waals surface area contributed by atoms with E-state index >= 15 is 0 Å². The van der Waals surface area contributed by atoms with Gasteiger partial charge in [-0.25, -0.2) is 4.57 Å². The highest BCUT2D eigenvalue weighted by molar-refractivity contribution is 7.46. The number of carbonyl (C=O) groups excluding carboxylic acids is 2. The van der Waals surface area contributed by atoms with Crippen molar-refractivity contribution in [1.82, 2.24) is 0 Å². The third kappa shape index (κ3) is 34.6. The van der Waals surface area contributed by atoms with E-state index in [1.54, 1.807) is 6.08 Å². The summed E-state index contributed by atoms with van der Waals surface area (Å²) < 4.78 is 26.1. The zero-order valence-corrected chi connectivity index (χ0v) is 29.7. The summed E-state index contributed by atoms with van der Waals surface area (Å²) >= 11 is 0. The summed E-state index contributed by atoms with van der Waals surface area (Å²) in [5.41, 5.74) is 0. The maximum atomic E-state index is 12.3.